The fraction of sp³-hybridized carbons (Fsp3) is 0.417. The Morgan fingerprint density at radius 1 is 1.47 bits per heavy atom. The maximum absolute atomic E-state index is 11.6. The summed E-state index contributed by atoms with van der Waals surface area (Å²) in [5.41, 5.74) is 0.673. The van der Waals surface area contributed by atoms with Crippen LogP contribution in [0.2, 0.25) is 0 Å². The fourth-order valence-electron chi connectivity index (χ4n) is 1.51. The lowest BCUT2D eigenvalue weighted by Gasteiger charge is -2.17. The molecular weight excluding hydrogens is 268 g/mol. The molecule has 7 heteroatoms. The van der Waals surface area contributed by atoms with Gasteiger partial charge in [0.05, 0.1) is 12.0 Å². The molecule has 0 amide bonds. The van der Waals surface area contributed by atoms with Crippen LogP contribution in [0, 0.1) is 10.1 Å². The summed E-state index contributed by atoms with van der Waals surface area (Å²) in [5.74, 6) is 0.479. The van der Waals surface area contributed by atoms with Gasteiger partial charge in [0.1, 0.15) is 6.04 Å². The van der Waals surface area contributed by atoms with E-state index in [-0.39, 0.29) is 11.7 Å². The number of hydrogen-bond acceptors (Lipinski definition) is 6. The molecule has 0 radical (unpaired) electrons. The molecule has 0 saturated carbocycles. The first-order chi connectivity index (χ1) is 9.08. The first-order valence-electron chi connectivity index (χ1n) is 5.66. The minimum absolute atomic E-state index is 0.0179. The van der Waals surface area contributed by atoms with Crippen LogP contribution >= 0.6 is 11.8 Å². The number of anilines is 1. The summed E-state index contributed by atoms with van der Waals surface area (Å²) in [7, 11) is 1.34. The number of rotatable bonds is 7. The first-order valence-corrected chi connectivity index (χ1v) is 7.05. The van der Waals surface area contributed by atoms with Crippen LogP contribution in [0.15, 0.2) is 24.3 Å². The van der Waals surface area contributed by atoms with Gasteiger partial charge in [0, 0.05) is 17.8 Å². The summed E-state index contributed by atoms with van der Waals surface area (Å²) in [5, 5.41) is 13.6. The van der Waals surface area contributed by atoms with E-state index in [4.69, 9.17) is 4.74 Å². The van der Waals surface area contributed by atoms with Crippen LogP contribution in [-0.4, -0.2) is 36.1 Å². The molecule has 0 fully saturated rings. The van der Waals surface area contributed by atoms with Crippen LogP contribution in [0.1, 0.15) is 6.42 Å². The molecule has 6 nitrogen and oxygen atoms in total. The smallest absolute Gasteiger partial charge is 0.328 e. The Hall–Kier alpha value is -1.76. The fourth-order valence-corrected chi connectivity index (χ4v) is 1.98. The predicted molar refractivity (Wildman–Crippen MR) is 75.5 cm³/mol. The molecule has 0 unspecified atom stereocenters. The molecule has 1 aromatic carbocycles. The topological polar surface area (TPSA) is 81.5 Å². The Balaban J connectivity index is 2.72. The zero-order valence-electron chi connectivity index (χ0n) is 10.8. The van der Waals surface area contributed by atoms with Crippen LogP contribution in [0.25, 0.3) is 0 Å². The molecular formula is C12H16N2O4S. The molecule has 104 valence electrons. The number of nitro groups is 1. The average Bonchev–Trinajstić information content (AvgIpc) is 2.43. The number of benzene rings is 1. The number of thioether (sulfide) groups is 1. The lowest BCUT2D eigenvalue weighted by Crippen LogP contribution is -2.31. The van der Waals surface area contributed by atoms with Crippen molar-refractivity contribution >= 4 is 29.1 Å². The van der Waals surface area contributed by atoms with Crippen LogP contribution in [0.5, 0.6) is 0 Å². The minimum Gasteiger partial charge on any atom is -0.467 e. The van der Waals surface area contributed by atoms with Crippen molar-refractivity contribution in [3.8, 4) is 0 Å². The summed E-state index contributed by atoms with van der Waals surface area (Å²) in [6.07, 6.45) is 2.59. The van der Waals surface area contributed by atoms with Crippen molar-refractivity contribution in [1.82, 2.24) is 0 Å². The van der Waals surface area contributed by atoms with E-state index in [1.807, 2.05) is 6.26 Å². The number of nitrogens with zero attached hydrogens (tertiary/aromatic N) is 1. The van der Waals surface area contributed by atoms with Gasteiger partial charge in [-0.15, -0.1) is 0 Å². The van der Waals surface area contributed by atoms with Crippen molar-refractivity contribution in [2.24, 2.45) is 0 Å². The second-order valence-electron chi connectivity index (χ2n) is 3.81. The molecule has 1 N–H and O–H groups in total. The van der Waals surface area contributed by atoms with Gasteiger partial charge in [-0.25, -0.2) is 4.79 Å². The van der Waals surface area contributed by atoms with E-state index in [9.17, 15) is 14.9 Å². The van der Waals surface area contributed by atoms with Crippen LogP contribution in [0.3, 0.4) is 0 Å². The molecule has 1 atom stereocenters. The number of nitrogens with one attached hydrogen (secondary N) is 1. The van der Waals surface area contributed by atoms with Crippen molar-refractivity contribution in [3.63, 3.8) is 0 Å². The predicted octanol–water partition coefficient (Wildman–Crippen LogP) is 2.30. The van der Waals surface area contributed by atoms with Crippen LogP contribution in [-0.2, 0) is 9.53 Å². The summed E-state index contributed by atoms with van der Waals surface area (Å²) < 4.78 is 4.72. The zero-order valence-corrected chi connectivity index (χ0v) is 11.6. The highest BCUT2D eigenvalue weighted by Crippen LogP contribution is 2.17. The third-order valence-corrected chi connectivity index (χ3v) is 3.16. The third kappa shape index (κ3) is 4.78. The number of carbonyl (C=O) groups excluding carboxylic acids is 1. The van der Waals surface area contributed by atoms with Crippen molar-refractivity contribution in [2.45, 2.75) is 12.5 Å². The first kappa shape index (κ1) is 15.3. The highest BCUT2D eigenvalue weighted by Gasteiger charge is 2.18. The van der Waals surface area contributed by atoms with Crippen molar-refractivity contribution in [3.05, 3.63) is 34.4 Å². The van der Waals surface area contributed by atoms with E-state index in [1.165, 1.54) is 19.2 Å². The number of methoxy groups -OCH3 is 1. The Morgan fingerprint density at radius 3 is 2.58 bits per heavy atom. The van der Waals surface area contributed by atoms with Gasteiger partial charge in [-0.3, -0.25) is 10.1 Å². The molecule has 0 aromatic heterocycles. The number of hydrogen-bond donors (Lipinski definition) is 1. The van der Waals surface area contributed by atoms with Gasteiger partial charge < -0.3 is 10.1 Å². The number of carbonyl (C=O) groups is 1. The van der Waals surface area contributed by atoms with E-state index in [0.717, 1.165) is 5.75 Å². The zero-order chi connectivity index (χ0) is 14.3. The summed E-state index contributed by atoms with van der Waals surface area (Å²) >= 11 is 1.64. The van der Waals surface area contributed by atoms with E-state index in [0.29, 0.717) is 12.1 Å². The van der Waals surface area contributed by atoms with Crippen molar-refractivity contribution in [1.29, 1.82) is 0 Å². The Bertz CT molecular complexity index is 436. The highest BCUT2D eigenvalue weighted by molar-refractivity contribution is 7.98. The van der Waals surface area contributed by atoms with Crippen LogP contribution < -0.4 is 5.32 Å². The largest absolute Gasteiger partial charge is 0.467 e. The lowest BCUT2D eigenvalue weighted by molar-refractivity contribution is -0.384. The molecule has 1 aromatic rings. The Kier molecular flexibility index (Phi) is 6.14. The molecule has 0 aliphatic heterocycles. The van der Waals surface area contributed by atoms with Gasteiger partial charge in [0.2, 0.25) is 0 Å². The van der Waals surface area contributed by atoms with Gasteiger partial charge >= 0.3 is 5.97 Å². The highest BCUT2D eigenvalue weighted by atomic mass is 32.2. The van der Waals surface area contributed by atoms with Crippen molar-refractivity contribution < 1.29 is 14.5 Å². The SMILES string of the molecule is COC(=O)[C@H](CCSC)Nc1ccc([N+](=O)[O-])cc1. The summed E-state index contributed by atoms with van der Waals surface area (Å²) in [6.45, 7) is 0. The quantitative estimate of drug-likeness (QED) is 0.470. The number of ether oxygens (including phenoxy) is 1. The van der Waals surface area contributed by atoms with Crippen LogP contribution in [0.4, 0.5) is 11.4 Å². The summed E-state index contributed by atoms with van der Waals surface area (Å²) in [6, 6.07) is 5.50. The number of non-ortho nitro benzene ring substituents is 1. The molecule has 0 aliphatic carbocycles. The molecule has 0 spiro atoms. The second kappa shape index (κ2) is 7.63. The molecule has 0 aliphatic rings. The van der Waals surface area contributed by atoms with Gasteiger partial charge in [0.25, 0.3) is 5.69 Å². The lowest BCUT2D eigenvalue weighted by atomic mass is 10.2. The van der Waals surface area contributed by atoms with E-state index >= 15 is 0 Å². The maximum Gasteiger partial charge on any atom is 0.328 e. The van der Waals surface area contributed by atoms with E-state index < -0.39 is 11.0 Å². The molecule has 1 rings (SSSR count). The van der Waals surface area contributed by atoms with Gasteiger partial charge in [-0.1, -0.05) is 0 Å². The maximum atomic E-state index is 11.6. The van der Waals surface area contributed by atoms with E-state index in [1.54, 1.807) is 23.9 Å². The van der Waals surface area contributed by atoms with Crippen molar-refractivity contribution in [2.75, 3.05) is 24.4 Å². The third-order valence-electron chi connectivity index (χ3n) is 2.52. The molecule has 19 heavy (non-hydrogen) atoms. The summed E-state index contributed by atoms with van der Waals surface area (Å²) in [4.78, 5) is 21.7. The standard InChI is InChI=1S/C12H16N2O4S/c1-18-12(15)11(7-8-19-2)13-9-3-5-10(6-4-9)14(16)17/h3-6,11,13H,7-8H2,1-2H3/t11-/m0/s1. The molecule has 0 heterocycles. The Labute approximate surface area is 115 Å². The van der Waals surface area contributed by atoms with Gasteiger partial charge in [0.15, 0.2) is 0 Å². The Morgan fingerprint density at radius 2 is 2.11 bits per heavy atom. The normalized spacial score (nSPS) is 11.7. The van der Waals surface area contributed by atoms with Gasteiger partial charge in [-0.05, 0) is 30.6 Å². The average molecular weight is 284 g/mol. The number of nitro benzene ring substituents is 1. The minimum atomic E-state index is -0.463. The van der Waals surface area contributed by atoms with Gasteiger partial charge in [-0.2, -0.15) is 11.8 Å². The number of esters is 1. The van der Waals surface area contributed by atoms with E-state index in [2.05, 4.69) is 5.32 Å². The molecule has 0 bridgehead atoms. The monoisotopic (exact) mass is 284 g/mol. The second-order valence-corrected chi connectivity index (χ2v) is 4.79. The molecule has 0 saturated heterocycles.